The number of nitrogen functional groups attached to an aromatic ring is 1. The topological polar surface area (TPSA) is 84.1 Å². The number of hydrogen-bond acceptors (Lipinski definition) is 6. The molecule has 0 spiro atoms. The van der Waals surface area contributed by atoms with Gasteiger partial charge in [-0.05, 0) is 47.1 Å². The highest BCUT2D eigenvalue weighted by Crippen LogP contribution is 2.32. The molecule has 144 valence electrons. The highest BCUT2D eigenvalue weighted by atomic mass is 79.9. The number of hydrogen-bond donors (Lipinski definition) is 2. The van der Waals surface area contributed by atoms with E-state index < -0.39 is 17.5 Å². The lowest BCUT2D eigenvalue weighted by Gasteiger charge is -2.23. The number of alkyl halides is 3. The van der Waals surface area contributed by atoms with E-state index in [0.717, 1.165) is 25.1 Å². The first-order chi connectivity index (χ1) is 12.8. The molecule has 1 fully saturated rings. The summed E-state index contributed by atoms with van der Waals surface area (Å²) in [6.45, 7) is 2.46. The molecule has 1 saturated heterocycles. The summed E-state index contributed by atoms with van der Waals surface area (Å²) in [6, 6.07) is 3.15. The molecule has 0 aliphatic carbocycles. The number of nitrogens with zero attached hydrogens (tertiary/aromatic N) is 3. The molecule has 6 nitrogen and oxygen atoms in total. The predicted molar refractivity (Wildman–Crippen MR) is 98.7 cm³/mol. The Bertz CT molecular complexity index is 851. The molecule has 3 heterocycles. The molecule has 1 aliphatic heterocycles. The molecule has 0 saturated carbocycles. The van der Waals surface area contributed by atoms with Crippen LogP contribution in [-0.2, 0) is 6.18 Å². The molecular weight excluding hydrogens is 427 g/mol. The summed E-state index contributed by atoms with van der Waals surface area (Å²) in [6.07, 6.45) is -2.43. The van der Waals surface area contributed by atoms with Crippen LogP contribution in [0.4, 0.5) is 24.8 Å². The van der Waals surface area contributed by atoms with Gasteiger partial charge in [-0.25, -0.2) is 9.97 Å². The number of carbonyl (C=O) groups excluding carboxylic acids is 1. The van der Waals surface area contributed by atoms with Crippen molar-refractivity contribution in [2.45, 2.75) is 12.6 Å². The third-order valence-corrected chi connectivity index (χ3v) is 4.60. The third kappa shape index (κ3) is 4.56. The first-order valence-electron chi connectivity index (χ1n) is 8.26. The third-order valence-electron chi connectivity index (χ3n) is 4.17. The van der Waals surface area contributed by atoms with Crippen LogP contribution in [0.2, 0.25) is 0 Å². The number of nitrogens with two attached hydrogens (primary N) is 1. The first kappa shape index (κ1) is 19.6. The Labute approximate surface area is 162 Å². The lowest BCUT2D eigenvalue weighted by atomic mass is 10.1. The summed E-state index contributed by atoms with van der Waals surface area (Å²) < 4.78 is 40.7. The maximum atomic E-state index is 13.4. The fourth-order valence-electron chi connectivity index (χ4n) is 2.80. The van der Waals surface area contributed by atoms with E-state index in [1.54, 1.807) is 4.90 Å². The number of aromatic nitrogens is 2. The van der Waals surface area contributed by atoms with Crippen molar-refractivity contribution in [2.24, 2.45) is 0 Å². The Morgan fingerprint density at radius 1 is 1.22 bits per heavy atom. The van der Waals surface area contributed by atoms with E-state index in [1.807, 2.05) is 0 Å². The molecule has 0 bridgehead atoms. The van der Waals surface area contributed by atoms with Gasteiger partial charge in [-0.15, -0.1) is 0 Å². The van der Waals surface area contributed by atoms with Gasteiger partial charge >= 0.3 is 6.18 Å². The number of rotatable bonds is 3. The minimum atomic E-state index is -4.60. The molecular formula is C17H17BrF3N5O. The number of halogens is 4. The van der Waals surface area contributed by atoms with Gasteiger partial charge in [0.2, 0.25) is 5.78 Å². The summed E-state index contributed by atoms with van der Waals surface area (Å²) in [5, 5.41) is 3.18. The maximum absolute atomic E-state index is 13.4. The number of pyridine rings is 2. The summed E-state index contributed by atoms with van der Waals surface area (Å²) >= 11 is 3.18. The molecule has 0 radical (unpaired) electrons. The van der Waals surface area contributed by atoms with E-state index in [-0.39, 0.29) is 22.9 Å². The lowest BCUT2D eigenvalue weighted by Crippen LogP contribution is -2.29. The van der Waals surface area contributed by atoms with Gasteiger partial charge in [0.1, 0.15) is 17.3 Å². The Morgan fingerprint density at radius 2 is 2.00 bits per heavy atom. The smallest absolute Gasteiger partial charge is 0.383 e. The van der Waals surface area contributed by atoms with Crippen molar-refractivity contribution in [3.8, 4) is 0 Å². The molecule has 3 N–H and O–H groups in total. The van der Waals surface area contributed by atoms with Crippen LogP contribution >= 0.6 is 15.9 Å². The zero-order chi connectivity index (χ0) is 19.6. The van der Waals surface area contributed by atoms with Gasteiger partial charge in [-0.1, -0.05) is 0 Å². The molecule has 0 unspecified atom stereocenters. The maximum Gasteiger partial charge on any atom is 0.416 e. The van der Waals surface area contributed by atoms with Gasteiger partial charge in [0.25, 0.3) is 0 Å². The van der Waals surface area contributed by atoms with Crippen molar-refractivity contribution < 1.29 is 18.0 Å². The average molecular weight is 444 g/mol. The quantitative estimate of drug-likeness (QED) is 0.709. The summed E-state index contributed by atoms with van der Waals surface area (Å²) in [7, 11) is 0. The lowest BCUT2D eigenvalue weighted by molar-refractivity contribution is -0.137. The monoisotopic (exact) mass is 443 g/mol. The minimum Gasteiger partial charge on any atom is -0.383 e. The van der Waals surface area contributed by atoms with E-state index in [1.165, 1.54) is 12.3 Å². The van der Waals surface area contributed by atoms with Crippen molar-refractivity contribution in [3.05, 3.63) is 45.7 Å². The molecule has 0 amide bonds. The standard InChI is InChI=1S/C17H17BrF3N5O/c18-11-8-12(16(22)24-9-11)15(27)13-6-10(17(19,20)21)7-14(25-13)26-4-1-2-23-3-5-26/h6-9,23H,1-5H2,(H2,22,24). The average Bonchev–Trinajstić information content (AvgIpc) is 2.91. The van der Waals surface area contributed by atoms with Crippen LogP contribution in [0.1, 0.15) is 28.0 Å². The number of ketones is 1. The second-order valence-electron chi connectivity index (χ2n) is 6.10. The van der Waals surface area contributed by atoms with E-state index in [9.17, 15) is 18.0 Å². The molecule has 10 heteroatoms. The fourth-order valence-corrected chi connectivity index (χ4v) is 3.13. The van der Waals surface area contributed by atoms with Gasteiger partial charge in [0.15, 0.2) is 0 Å². The Morgan fingerprint density at radius 3 is 2.74 bits per heavy atom. The SMILES string of the molecule is Nc1ncc(Br)cc1C(=O)c1cc(C(F)(F)F)cc(N2CCCNCC2)n1. The van der Waals surface area contributed by atoms with Crippen LogP contribution in [0.15, 0.2) is 28.9 Å². The molecule has 3 rings (SSSR count). The van der Waals surface area contributed by atoms with Crippen molar-refractivity contribution in [1.29, 1.82) is 0 Å². The number of nitrogens with one attached hydrogen (secondary N) is 1. The van der Waals surface area contributed by atoms with Gasteiger partial charge in [-0.3, -0.25) is 4.79 Å². The second kappa shape index (κ2) is 7.81. The Kier molecular flexibility index (Phi) is 5.66. The van der Waals surface area contributed by atoms with Crippen LogP contribution in [0.3, 0.4) is 0 Å². The van der Waals surface area contributed by atoms with Crippen molar-refractivity contribution in [1.82, 2.24) is 15.3 Å². The fraction of sp³-hybridized carbons (Fsp3) is 0.353. The van der Waals surface area contributed by atoms with Crippen LogP contribution in [0.25, 0.3) is 0 Å². The largest absolute Gasteiger partial charge is 0.416 e. The molecule has 0 aromatic carbocycles. The van der Waals surface area contributed by atoms with Gasteiger partial charge in [0, 0.05) is 30.3 Å². The molecule has 0 atom stereocenters. The van der Waals surface area contributed by atoms with E-state index in [4.69, 9.17) is 5.73 Å². The summed E-state index contributed by atoms with van der Waals surface area (Å²) in [4.78, 5) is 22.6. The Balaban J connectivity index is 2.07. The zero-order valence-electron chi connectivity index (χ0n) is 14.2. The summed E-state index contributed by atoms with van der Waals surface area (Å²) in [5.74, 6) is -0.650. The highest BCUT2D eigenvalue weighted by molar-refractivity contribution is 9.10. The van der Waals surface area contributed by atoms with Crippen LogP contribution in [-0.4, -0.2) is 41.9 Å². The number of anilines is 2. The highest BCUT2D eigenvalue weighted by Gasteiger charge is 2.33. The minimum absolute atomic E-state index is 0.000294. The van der Waals surface area contributed by atoms with Crippen molar-refractivity contribution >= 4 is 33.3 Å². The zero-order valence-corrected chi connectivity index (χ0v) is 15.8. The number of carbonyl (C=O) groups is 1. The van der Waals surface area contributed by atoms with Crippen LogP contribution < -0.4 is 16.0 Å². The molecule has 1 aliphatic rings. The van der Waals surface area contributed by atoms with E-state index >= 15 is 0 Å². The van der Waals surface area contributed by atoms with Crippen molar-refractivity contribution in [3.63, 3.8) is 0 Å². The van der Waals surface area contributed by atoms with Crippen LogP contribution in [0.5, 0.6) is 0 Å². The first-order valence-corrected chi connectivity index (χ1v) is 9.05. The van der Waals surface area contributed by atoms with Crippen molar-refractivity contribution in [2.75, 3.05) is 36.8 Å². The van der Waals surface area contributed by atoms with E-state index in [0.29, 0.717) is 24.1 Å². The molecule has 2 aromatic rings. The van der Waals surface area contributed by atoms with Gasteiger partial charge in [-0.2, -0.15) is 13.2 Å². The second-order valence-corrected chi connectivity index (χ2v) is 7.02. The Hall–Kier alpha value is -2.20. The summed E-state index contributed by atoms with van der Waals surface area (Å²) in [5.41, 5.74) is 4.49. The van der Waals surface area contributed by atoms with E-state index in [2.05, 4.69) is 31.2 Å². The van der Waals surface area contributed by atoms with Crippen LogP contribution in [0, 0.1) is 0 Å². The van der Waals surface area contributed by atoms with Gasteiger partial charge < -0.3 is 16.0 Å². The normalized spacial score (nSPS) is 15.5. The molecule has 2 aromatic heterocycles. The molecule has 27 heavy (non-hydrogen) atoms. The predicted octanol–water partition coefficient (Wildman–Crippen LogP) is 2.87. The van der Waals surface area contributed by atoms with Gasteiger partial charge in [0.05, 0.1) is 11.1 Å².